The highest BCUT2D eigenvalue weighted by molar-refractivity contribution is 6.73. The third kappa shape index (κ3) is 1.21. The quantitative estimate of drug-likeness (QED) is 0.675. The van der Waals surface area contributed by atoms with Crippen LogP contribution in [-0.4, -0.2) is 17.2 Å². The number of aromatic amines is 1. The second-order valence-corrected chi connectivity index (χ2v) is 3.09. The van der Waals surface area contributed by atoms with E-state index in [-0.39, 0.29) is 5.92 Å². The van der Waals surface area contributed by atoms with E-state index in [2.05, 4.69) is 5.10 Å². The normalized spacial score (nSPS) is 18.2. The van der Waals surface area contributed by atoms with Crippen molar-refractivity contribution in [3.05, 3.63) is 11.8 Å². The van der Waals surface area contributed by atoms with Crippen molar-refractivity contribution in [2.45, 2.75) is 18.8 Å². The van der Waals surface area contributed by atoms with Gasteiger partial charge in [-0.05, 0) is 29.9 Å². The highest BCUT2D eigenvalue weighted by Crippen LogP contribution is 2.39. The summed E-state index contributed by atoms with van der Waals surface area (Å²) in [5.41, 5.74) is -0.264. The Labute approximate surface area is 67.2 Å². The van der Waals surface area contributed by atoms with Gasteiger partial charge in [-0.15, -0.1) is 0 Å². The first kappa shape index (κ1) is 7.70. The summed E-state index contributed by atoms with van der Waals surface area (Å²) in [6, 6.07) is 0. The molecule has 1 aliphatic carbocycles. The van der Waals surface area contributed by atoms with Gasteiger partial charge in [0.2, 0.25) is 0 Å². The van der Waals surface area contributed by atoms with E-state index in [9.17, 15) is 12.9 Å². The summed E-state index contributed by atoms with van der Waals surface area (Å²) in [4.78, 5) is 0. The third-order valence-corrected chi connectivity index (χ3v) is 2.04. The van der Waals surface area contributed by atoms with Crippen molar-refractivity contribution in [3.63, 3.8) is 0 Å². The second kappa shape index (κ2) is 2.28. The monoisotopic (exact) mass is 175 g/mol. The smallest absolute Gasteiger partial charge is 0.444 e. The fraction of sp³-hybridized carbons (Fsp3) is 0.500. The first-order valence-electron chi connectivity index (χ1n) is 3.82. The number of rotatable bonds is 2. The standard InChI is InChI=1S/C6H7BF3N2/c8-7(9,10)6-5(3-11-12-6)4-1-2-4/h3-4H,1-2H2,(H,11,12)/q-1. The molecular weight excluding hydrogens is 168 g/mol. The molecule has 1 fully saturated rings. The Morgan fingerprint density at radius 3 is 2.58 bits per heavy atom. The predicted octanol–water partition coefficient (Wildman–Crippen LogP) is 1.34. The van der Waals surface area contributed by atoms with E-state index < -0.39 is 12.6 Å². The lowest BCUT2D eigenvalue weighted by atomic mass is 9.82. The minimum Gasteiger partial charge on any atom is -0.444 e. The van der Waals surface area contributed by atoms with Gasteiger partial charge in [0.15, 0.2) is 0 Å². The van der Waals surface area contributed by atoms with E-state index in [4.69, 9.17) is 0 Å². The molecule has 2 nitrogen and oxygen atoms in total. The molecule has 1 saturated carbocycles. The average Bonchev–Trinajstić information content (AvgIpc) is 2.65. The fourth-order valence-corrected chi connectivity index (χ4v) is 1.29. The Kier molecular flexibility index (Phi) is 1.46. The van der Waals surface area contributed by atoms with E-state index >= 15 is 0 Å². The van der Waals surface area contributed by atoms with Crippen molar-refractivity contribution in [2.24, 2.45) is 0 Å². The molecule has 1 aliphatic rings. The van der Waals surface area contributed by atoms with Crippen molar-refractivity contribution >= 4 is 12.6 Å². The van der Waals surface area contributed by atoms with Crippen molar-refractivity contribution in [2.75, 3.05) is 0 Å². The van der Waals surface area contributed by atoms with Gasteiger partial charge in [-0.25, -0.2) is 0 Å². The van der Waals surface area contributed by atoms with Gasteiger partial charge in [0.25, 0.3) is 0 Å². The van der Waals surface area contributed by atoms with Gasteiger partial charge < -0.3 is 18.0 Å². The molecule has 0 radical (unpaired) electrons. The van der Waals surface area contributed by atoms with Gasteiger partial charge in [0.05, 0.1) is 0 Å². The molecule has 0 aromatic carbocycles. The highest BCUT2D eigenvalue weighted by Gasteiger charge is 2.35. The lowest BCUT2D eigenvalue weighted by Crippen LogP contribution is -2.37. The molecule has 0 unspecified atom stereocenters. The number of H-pyrrole nitrogens is 1. The van der Waals surface area contributed by atoms with Gasteiger partial charge in [-0.1, -0.05) is 0 Å². The van der Waals surface area contributed by atoms with Crippen LogP contribution in [0.2, 0.25) is 0 Å². The molecule has 1 aromatic rings. The van der Waals surface area contributed by atoms with E-state index in [1.807, 2.05) is 5.10 Å². The van der Waals surface area contributed by atoms with Gasteiger partial charge >= 0.3 is 6.98 Å². The van der Waals surface area contributed by atoms with Gasteiger partial charge in [0.1, 0.15) is 0 Å². The molecule has 0 aliphatic heterocycles. The Bertz CT molecular complexity index is 289. The molecule has 2 rings (SSSR count). The number of hydrogen-bond acceptors (Lipinski definition) is 1. The van der Waals surface area contributed by atoms with E-state index in [1.165, 1.54) is 6.20 Å². The molecule has 0 atom stereocenters. The topological polar surface area (TPSA) is 28.7 Å². The van der Waals surface area contributed by atoms with Gasteiger partial charge in [-0.2, -0.15) is 5.10 Å². The second-order valence-electron chi connectivity index (χ2n) is 3.09. The molecule has 0 amide bonds. The number of aromatic nitrogens is 2. The van der Waals surface area contributed by atoms with Crippen LogP contribution in [0.3, 0.4) is 0 Å². The Morgan fingerprint density at radius 2 is 2.08 bits per heavy atom. The van der Waals surface area contributed by atoms with Gasteiger partial charge in [0, 0.05) is 6.20 Å². The van der Waals surface area contributed by atoms with Crippen molar-refractivity contribution in [3.8, 4) is 0 Å². The number of halogens is 3. The maximum absolute atomic E-state index is 12.3. The van der Waals surface area contributed by atoms with Crippen molar-refractivity contribution in [1.29, 1.82) is 0 Å². The van der Waals surface area contributed by atoms with Crippen LogP contribution in [-0.2, 0) is 0 Å². The van der Waals surface area contributed by atoms with E-state index in [1.54, 1.807) is 0 Å². The van der Waals surface area contributed by atoms with Crippen LogP contribution in [0.25, 0.3) is 0 Å². The van der Waals surface area contributed by atoms with Crippen molar-refractivity contribution < 1.29 is 12.9 Å². The summed E-state index contributed by atoms with van der Waals surface area (Å²) in [5, 5.41) is 5.44. The Hall–Kier alpha value is -0.935. The Balaban J connectivity index is 2.36. The summed E-state index contributed by atoms with van der Waals surface area (Å²) in [6.07, 6.45) is 3.01. The summed E-state index contributed by atoms with van der Waals surface area (Å²) in [5.74, 6) is 0.0993. The average molecular weight is 175 g/mol. The van der Waals surface area contributed by atoms with E-state index in [0.29, 0.717) is 5.56 Å². The SMILES string of the molecule is F[B-](F)(F)c1[nH]ncc1C1CC1. The zero-order chi connectivity index (χ0) is 8.77. The van der Waals surface area contributed by atoms with Crippen LogP contribution in [0.1, 0.15) is 24.3 Å². The summed E-state index contributed by atoms with van der Waals surface area (Å²) >= 11 is 0. The van der Waals surface area contributed by atoms with E-state index in [0.717, 1.165) is 12.8 Å². The molecule has 1 aromatic heterocycles. The number of hydrogen-bond donors (Lipinski definition) is 1. The molecule has 0 bridgehead atoms. The zero-order valence-electron chi connectivity index (χ0n) is 6.23. The van der Waals surface area contributed by atoms with Crippen LogP contribution >= 0.6 is 0 Å². The fourth-order valence-electron chi connectivity index (χ4n) is 1.29. The third-order valence-electron chi connectivity index (χ3n) is 2.04. The first-order chi connectivity index (χ1) is 5.59. The molecule has 66 valence electrons. The lowest BCUT2D eigenvalue weighted by Gasteiger charge is -2.13. The molecule has 0 spiro atoms. The molecule has 1 N–H and O–H groups in total. The van der Waals surface area contributed by atoms with Crippen LogP contribution in [0.4, 0.5) is 12.9 Å². The van der Waals surface area contributed by atoms with Crippen LogP contribution in [0.5, 0.6) is 0 Å². The molecule has 12 heavy (non-hydrogen) atoms. The highest BCUT2D eigenvalue weighted by atomic mass is 19.4. The number of nitrogens with one attached hydrogen (secondary N) is 1. The van der Waals surface area contributed by atoms with Gasteiger partial charge in [-0.3, -0.25) is 0 Å². The lowest BCUT2D eigenvalue weighted by molar-refractivity contribution is 0.497. The summed E-state index contributed by atoms with van der Waals surface area (Å²) < 4.78 is 36.8. The largest absolute Gasteiger partial charge is 0.527 e. The predicted molar refractivity (Wildman–Crippen MR) is 39.3 cm³/mol. The van der Waals surface area contributed by atoms with Crippen LogP contribution < -0.4 is 5.59 Å². The molecule has 1 heterocycles. The minimum absolute atomic E-state index is 0.0993. The van der Waals surface area contributed by atoms with Crippen LogP contribution in [0.15, 0.2) is 6.20 Å². The van der Waals surface area contributed by atoms with Crippen LogP contribution in [0, 0.1) is 0 Å². The zero-order valence-corrected chi connectivity index (χ0v) is 6.23. The minimum atomic E-state index is -4.91. The molecule has 6 heteroatoms. The maximum atomic E-state index is 12.3. The number of nitrogens with zero attached hydrogens (tertiary/aromatic N) is 1. The molecular formula is C6H7BF3N2-. The first-order valence-corrected chi connectivity index (χ1v) is 3.82. The molecule has 0 saturated heterocycles. The Morgan fingerprint density at radius 1 is 1.42 bits per heavy atom. The summed E-state index contributed by atoms with van der Waals surface area (Å²) in [7, 11) is 0. The maximum Gasteiger partial charge on any atom is 0.527 e. The van der Waals surface area contributed by atoms with Crippen molar-refractivity contribution in [1.82, 2.24) is 10.2 Å². The summed E-state index contributed by atoms with van der Waals surface area (Å²) in [6.45, 7) is -4.91.